The van der Waals surface area contributed by atoms with Crippen LogP contribution >= 0.6 is 22.6 Å². The zero-order chi connectivity index (χ0) is 16.9. The molecule has 0 spiro atoms. The van der Waals surface area contributed by atoms with Gasteiger partial charge in [-0.2, -0.15) is 0 Å². The van der Waals surface area contributed by atoms with Gasteiger partial charge in [-0.15, -0.1) is 0 Å². The van der Waals surface area contributed by atoms with Crippen LogP contribution in [0.2, 0.25) is 0 Å². The molecule has 3 aromatic carbocycles. The van der Waals surface area contributed by atoms with Crippen molar-refractivity contribution in [2.75, 3.05) is 6.61 Å². The number of hydrogen-bond acceptors (Lipinski definition) is 3. The van der Waals surface area contributed by atoms with E-state index in [1.165, 1.54) is 10.8 Å². The van der Waals surface area contributed by atoms with Gasteiger partial charge in [-0.1, -0.05) is 42.5 Å². The standard InChI is InChI=1S/C20H17IO3/c1-2-23-20(22)15-10-11-19(18(21)12-15)24-13-16-8-5-7-14-6-3-4-9-17(14)16/h3-12H,2,13H2,1H3. The minimum absolute atomic E-state index is 0.309. The molecule has 3 aromatic rings. The summed E-state index contributed by atoms with van der Waals surface area (Å²) in [6, 6.07) is 19.8. The molecule has 0 saturated heterocycles. The van der Waals surface area contributed by atoms with Crippen molar-refractivity contribution in [3.05, 3.63) is 75.4 Å². The Bertz CT molecular complexity index is 868. The first-order valence-corrected chi connectivity index (χ1v) is 8.83. The van der Waals surface area contributed by atoms with Crippen LogP contribution in [0.4, 0.5) is 0 Å². The van der Waals surface area contributed by atoms with Crippen molar-refractivity contribution in [3.63, 3.8) is 0 Å². The molecule has 3 rings (SSSR count). The third-order valence-corrected chi connectivity index (χ3v) is 4.55. The molecule has 0 radical (unpaired) electrons. The lowest BCUT2D eigenvalue weighted by atomic mass is 10.1. The first kappa shape index (κ1) is 16.8. The Hall–Kier alpha value is -2.08. The molecule has 0 saturated carbocycles. The van der Waals surface area contributed by atoms with Crippen LogP contribution in [0.25, 0.3) is 10.8 Å². The van der Waals surface area contributed by atoms with Crippen molar-refractivity contribution in [1.82, 2.24) is 0 Å². The van der Waals surface area contributed by atoms with E-state index in [1.54, 1.807) is 19.1 Å². The second-order valence-electron chi connectivity index (χ2n) is 5.29. The summed E-state index contributed by atoms with van der Waals surface area (Å²) in [6.45, 7) is 2.65. The quantitative estimate of drug-likeness (QED) is 0.411. The van der Waals surface area contributed by atoms with Crippen molar-refractivity contribution in [1.29, 1.82) is 0 Å². The fraction of sp³-hybridized carbons (Fsp3) is 0.150. The molecule has 3 nitrogen and oxygen atoms in total. The Morgan fingerprint density at radius 2 is 1.83 bits per heavy atom. The minimum Gasteiger partial charge on any atom is -0.488 e. The largest absolute Gasteiger partial charge is 0.488 e. The molecular formula is C20H17IO3. The summed E-state index contributed by atoms with van der Waals surface area (Å²) in [5.74, 6) is 0.451. The Balaban J connectivity index is 1.78. The van der Waals surface area contributed by atoms with Gasteiger partial charge in [0.1, 0.15) is 12.4 Å². The van der Waals surface area contributed by atoms with Crippen molar-refractivity contribution >= 4 is 39.3 Å². The maximum Gasteiger partial charge on any atom is 0.338 e. The number of hydrogen-bond donors (Lipinski definition) is 0. The Morgan fingerprint density at radius 1 is 1.04 bits per heavy atom. The third kappa shape index (κ3) is 3.70. The smallest absolute Gasteiger partial charge is 0.338 e. The normalized spacial score (nSPS) is 10.6. The van der Waals surface area contributed by atoms with Crippen LogP contribution in [0.3, 0.4) is 0 Å². The highest BCUT2D eigenvalue weighted by atomic mass is 127. The maximum absolute atomic E-state index is 11.8. The maximum atomic E-state index is 11.8. The second-order valence-corrected chi connectivity index (χ2v) is 6.45. The molecule has 0 atom stereocenters. The highest BCUT2D eigenvalue weighted by Crippen LogP contribution is 2.25. The average molecular weight is 432 g/mol. The van der Waals surface area contributed by atoms with Crippen LogP contribution in [-0.2, 0) is 11.3 Å². The van der Waals surface area contributed by atoms with E-state index >= 15 is 0 Å². The van der Waals surface area contributed by atoms with Crippen LogP contribution in [0.15, 0.2) is 60.7 Å². The molecular weight excluding hydrogens is 415 g/mol. The molecule has 0 bridgehead atoms. The number of benzene rings is 3. The van der Waals surface area contributed by atoms with E-state index in [4.69, 9.17) is 9.47 Å². The van der Waals surface area contributed by atoms with E-state index in [1.807, 2.05) is 24.3 Å². The summed E-state index contributed by atoms with van der Waals surface area (Å²) in [4.78, 5) is 11.8. The molecule has 122 valence electrons. The molecule has 0 heterocycles. The van der Waals surface area contributed by atoms with Gasteiger partial charge in [0, 0.05) is 0 Å². The Labute approximate surface area is 154 Å². The third-order valence-electron chi connectivity index (χ3n) is 3.71. The fourth-order valence-electron chi connectivity index (χ4n) is 2.53. The van der Waals surface area contributed by atoms with E-state index in [2.05, 4.69) is 46.9 Å². The molecule has 0 aliphatic carbocycles. The summed E-state index contributed by atoms with van der Waals surface area (Å²) in [6.07, 6.45) is 0. The molecule has 0 unspecified atom stereocenters. The van der Waals surface area contributed by atoms with Gasteiger partial charge in [-0.05, 0) is 64.0 Å². The number of halogens is 1. The molecule has 4 heteroatoms. The molecule has 0 aromatic heterocycles. The lowest BCUT2D eigenvalue weighted by molar-refractivity contribution is 0.0526. The molecule has 0 aliphatic rings. The molecule has 24 heavy (non-hydrogen) atoms. The second kappa shape index (κ2) is 7.66. The first-order valence-electron chi connectivity index (χ1n) is 7.75. The zero-order valence-electron chi connectivity index (χ0n) is 13.3. The van der Waals surface area contributed by atoms with E-state index in [0.29, 0.717) is 18.8 Å². The molecule has 0 aliphatic heterocycles. The molecule has 0 amide bonds. The highest BCUT2D eigenvalue weighted by molar-refractivity contribution is 14.1. The Morgan fingerprint density at radius 3 is 2.62 bits per heavy atom. The summed E-state index contributed by atoms with van der Waals surface area (Å²) in [5.41, 5.74) is 1.68. The van der Waals surface area contributed by atoms with Crippen molar-refractivity contribution in [2.24, 2.45) is 0 Å². The lowest BCUT2D eigenvalue weighted by Gasteiger charge is -2.11. The number of fused-ring (bicyclic) bond motifs is 1. The number of rotatable bonds is 5. The van der Waals surface area contributed by atoms with Gasteiger partial charge in [0.2, 0.25) is 0 Å². The predicted molar refractivity (Wildman–Crippen MR) is 103 cm³/mol. The van der Waals surface area contributed by atoms with Crippen LogP contribution in [0.1, 0.15) is 22.8 Å². The van der Waals surface area contributed by atoms with E-state index in [0.717, 1.165) is 14.9 Å². The van der Waals surface area contributed by atoms with Gasteiger partial charge in [0.05, 0.1) is 15.7 Å². The highest BCUT2D eigenvalue weighted by Gasteiger charge is 2.10. The van der Waals surface area contributed by atoms with Crippen molar-refractivity contribution < 1.29 is 14.3 Å². The zero-order valence-corrected chi connectivity index (χ0v) is 15.4. The van der Waals surface area contributed by atoms with Gasteiger partial charge in [0.25, 0.3) is 0 Å². The summed E-state index contributed by atoms with van der Waals surface area (Å²) >= 11 is 2.18. The van der Waals surface area contributed by atoms with Gasteiger partial charge in [-0.25, -0.2) is 4.79 Å². The van der Waals surface area contributed by atoms with Gasteiger partial charge < -0.3 is 9.47 Å². The Kier molecular flexibility index (Phi) is 5.35. The topological polar surface area (TPSA) is 35.5 Å². The minimum atomic E-state index is -0.309. The van der Waals surface area contributed by atoms with Crippen molar-refractivity contribution in [3.8, 4) is 5.75 Å². The lowest BCUT2D eigenvalue weighted by Crippen LogP contribution is -2.05. The van der Waals surface area contributed by atoms with E-state index in [9.17, 15) is 4.79 Å². The monoisotopic (exact) mass is 432 g/mol. The summed E-state index contributed by atoms with van der Waals surface area (Å²) in [7, 11) is 0. The fourth-order valence-corrected chi connectivity index (χ4v) is 3.20. The predicted octanol–water partition coefficient (Wildman–Crippen LogP) is 5.20. The SMILES string of the molecule is CCOC(=O)c1ccc(OCc2cccc3ccccc23)c(I)c1. The van der Waals surface area contributed by atoms with E-state index in [-0.39, 0.29) is 5.97 Å². The number of ether oxygens (including phenoxy) is 2. The summed E-state index contributed by atoms with van der Waals surface area (Å²) in [5, 5.41) is 2.39. The van der Waals surface area contributed by atoms with Crippen LogP contribution in [-0.4, -0.2) is 12.6 Å². The van der Waals surface area contributed by atoms with Crippen LogP contribution < -0.4 is 4.74 Å². The van der Waals surface area contributed by atoms with Gasteiger partial charge in [0.15, 0.2) is 0 Å². The van der Waals surface area contributed by atoms with Crippen LogP contribution in [0, 0.1) is 3.57 Å². The van der Waals surface area contributed by atoms with E-state index < -0.39 is 0 Å². The molecule has 0 fully saturated rings. The van der Waals surface area contributed by atoms with Gasteiger partial charge in [-0.3, -0.25) is 0 Å². The number of carbonyl (C=O) groups excluding carboxylic acids is 1. The van der Waals surface area contributed by atoms with Gasteiger partial charge >= 0.3 is 5.97 Å². The van der Waals surface area contributed by atoms with Crippen molar-refractivity contribution in [2.45, 2.75) is 13.5 Å². The summed E-state index contributed by atoms with van der Waals surface area (Å²) < 4.78 is 11.9. The number of carbonyl (C=O) groups is 1. The average Bonchev–Trinajstić information content (AvgIpc) is 2.61. The molecule has 0 N–H and O–H groups in total. The number of esters is 1. The van der Waals surface area contributed by atoms with Crippen LogP contribution in [0.5, 0.6) is 5.75 Å². The first-order chi connectivity index (χ1) is 11.7.